The van der Waals surface area contributed by atoms with Gasteiger partial charge in [-0.15, -0.1) is 0 Å². The van der Waals surface area contributed by atoms with Crippen molar-refractivity contribution in [2.75, 3.05) is 0 Å². The third-order valence-corrected chi connectivity index (χ3v) is 2.80. The van der Waals surface area contributed by atoms with Gasteiger partial charge in [-0.05, 0) is 25.0 Å². The molecular formula is C12H10N4. The maximum absolute atomic E-state index is 9.19. The standard InChI is InChI=1S/C12H10N4/c13-7-9-11(8-4-5-8)15-16-12(9)10-3-1-2-6-14-10/h1-3,6,8H,4-5H2,(H,15,16). The maximum Gasteiger partial charge on any atom is 0.129 e. The van der Waals surface area contributed by atoms with Crippen LogP contribution in [0.1, 0.15) is 30.0 Å². The number of hydrogen-bond acceptors (Lipinski definition) is 3. The number of nitriles is 1. The predicted octanol–water partition coefficient (Wildman–Crippen LogP) is 2.22. The molecule has 16 heavy (non-hydrogen) atoms. The summed E-state index contributed by atoms with van der Waals surface area (Å²) in [5, 5.41) is 16.4. The van der Waals surface area contributed by atoms with Crippen LogP contribution in [-0.2, 0) is 0 Å². The first-order chi connectivity index (χ1) is 7.90. The summed E-state index contributed by atoms with van der Waals surface area (Å²) in [6, 6.07) is 7.85. The second-order valence-electron chi connectivity index (χ2n) is 3.96. The number of H-pyrrole nitrogens is 1. The zero-order chi connectivity index (χ0) is 11.0. The van der Waals surface area contributed by atoms with E-state index in [-0.39, 0.29) is 0 Å². The lowest BCUT2D eigenvalue weighted by Gasteiger charge is -1.95. The Kier molecular flexibility index (Phi) is 1.97. The zero-order valence-corrected chi connectivity index (χ0v) is 8.64. The number of aromatic amines is 1. The number of nitrogens with zero attached hydrogens (tertiary/aromatic N) is 3. The summed E-state index contributed by atoms with van der Waals surface area (Å²) in [5.74, 6) is 0.500. The first kappa shape index (κ1) is 9.10. The molecule has 4 nitrogen and oxygen atoms in total. The lowest BCUT2D eigenvalue weighted by Crippen LogP contribution is -1.87. The van der Waals surface area contributed by atoms with E-state index >= 15 is 0 Å². The van der Waals surface area contributed by atoms with Crippen molar-refractivity contribution >= 4 is 0 Å². The molecule has 3 rings (SSSR count). The van der Waals surface area contributed by atoms with Crippen LogP contribution in [0.5, 0.6) is 0 Å². The van der Waals surface area contributed by atoms with E-state index in [1.807, 2.05) is 18.2 Å². The van der Waals surface area contributed by atoms with E-state index in [1.54, 1.807) is 6.20 Å². The molecule has 2 aromatic rings. The van der Waals surface area contributed by atoms with Gasteiger partial charge >= 0.3 is 0 Å². The van der Waals surface area contributed by atoms with Crippen molar-refractivity contribution in [3.63, 3.8) is 0 Å². The smallest absolute Gasteiger partial charge is 0.129 e. The summed E-state index contributed by atoms with van der Waals surface area (Å²) in [4.78, 5) is 4.22. The third kappa shape index (κ3) is 1.38. The van der Waals surface area contributed by atoms with Crippen LogP contribution in [0.3, 0.4) is 0 Å². The van der Waals surface area contributed by atoms with Gasteiger partial charge in [0.1, 0.15) is 17.3 Å². The molecule has 0 radical (unpaired) electrons. The second kappa shape index (κ2) is 3.46. The van der Waals surface area contributed by atoms with Crippen molar-refractivity contribution in [2.45, 2.75) is 18.8 Å². The van der Waals surface area contributed by atoms with Crippen LogP contribution in [0.2, 0.25) is 0 Å². The van der Waals surface area contributed by atoms with Gasteiger partial charge in [0.25, 0.3) is 0 Å². The van der Waals surface area contributed by atoms with Crippen LogP contribution in [0.15, 0.2) is 24.4 Å². The molecule has 0 unspecified atom stereocenters. The number of hydrogen-bond donors (Lipinski definition) is 1. The molecule has 4 heteroatoms. The minimum Gasteiger partial charge on any atom is -0.280 e. The van der Waals surface area contributed by atoms with Crippen LogP contribution < -0.4 is 0 Å². The first-order valence-electron chi connectivity index (χ1n) is 5.30. The molecular weight excluding hydrogens is 200 g/mol. The minimum absolute atomic E-state index is 0.500. The highest BCUT2D eigenvalue weighted by Crippen LogP contribution is 2.42. The normalized spacial score (nSPS) is 14.7. The molecule has 1 saturated carbocycles. The van der Waals surface area contributed by atoms with Crippen molar-refractivity contribution in [1.82, 2.24) is 15.2 Å². The Morgan fingerprint density at radius 2 is 2.25 bits per heavy atom. The van der Waals surface area contributed by atoms with Gasteiger partial charge in [0, 0.05) is 12.1 Å². The molecule has 1 aliphatic rings. The van der Waals surface area contributed by atoms with Gasteiger partial charge < -0.3 is 0 Å². The van der Waals surface area contributed by atoms with E-state index in [1.165, 1.54) is 0 Å². The van der Waals surface area contributed by atoms with Crippen LogP contribution in [-0.4, -0.2) is 15.2 Å². The number of pyridine rings is 1. The summed E-state index contributed by atoms with van der Waals surface area (Å²) in [6.07, 6.45) is 4.01. The van der Waals surface area contributed by atoms with Gasteiger partial charge in [-0.25, -0.2) is 0 Å². The Morgan fingerprint density at radius 1 is 1.38 bits per heavy atom. The average Bonchev–Trinajstić information content (AvgIpc) is 3.09. The molecule has 0 bridgehead atoms. The molecule has 78 valence electrons. The third-order valence-electron chi connectivity index (χ3n) is 2.80. The molecule has 1 aliphatic carbocycles. The van der Waals surface area contributed by atoms with Crippen molar-refractivity contribution in [1.29, 1.82) is 5.26 Å². The summed E-state index contributed by atoms with van der Waals surface area (Å²) in [6.45, 7) is 0. The van der Waals surface area contributed by atoms with Crippen molar-refractivity contribution in [3.05, 3.63) is 35.7 Å². The number of rotatable bonds is 2. The topological polar surface area (TPSA) is 65.4 Å². The number of nitrogens with one attached hydrogen (secondary N) is 1. The fourth-order valence-electron chi connectivity index (χ4n) is 1.82. The van der Waals surface area contributed by atoms with Crippen LogP contribution in [0.25, 0.3) is 11.4 Å². The Bertz CT molecular complexity index is 546. The molecule has 0 aliphatic heterocycles. The summed E-state index contributed by atoms with van der Waals surface area (Å²) in [7, 11) is 0. The van der Waals surface area contributed by atoms with Crippen molar-refractivity contribution in [2.24, 2.45) is 0 Å². The maximum atomic E-state index is 9.19. The predicted molar refractivity (Wildman–Crippen MR) is 58.5 cm³/mol. The summed E-state index contributed by atoms with van der Waals surface area (Å²) < 4.78 is 0. The molecule has 2 aromatic heterocycles. The van der Waals surface area contributed by atoms with E-state index in [4.69, 9.17) is 0 Å². The highest BCUT2D eigenvalue weighted by Gasteiger charge is 2.30. The molecule has 0 amide bonds. The molecule has 0 spiro atoms. The molecule has 1 fully saturated rings. The van der Waals surface area contributed by atoms with Gasteiger partial charge in [-0.1, -0.05) is 6.07 Å². The SMILES string of the molecule is N#Cc1c(-c2ccccn2)n[nH]c1C1CC1. The van der Waals surface area contributed by atoms with E-state index in [9.17, 15) is 5.26 Å². The number of aromatic nitrogens is 3. The van der Waals surface area contributed by atoms with E-state index < -0.39 is 0 Å². The lowest BCUT2D eigenvalue weighted by molar-refractivity contribution is 0.963. The molecule has 1 N–H and O–H groups in total. The summed E-state index contributed by atoms with van der Waals surface area (Å²) >= 11 is 0. The lowest BCUT2D eigenvalue weighted by atomic mass is 10.1. The molecule has 0 atom stereocenters. The first-order valence-corrected chi connectivity index (χ1v) is 5.30. The van der Waals surface area contributed by atoms with E-state index in [0.717, 1.165) is 24.2 Å². The van der Waals surface area contributed by atoms with E-state index in [0.29, 0.717) is 17.2 Å². The van der Waals surface area contributed by atoms with Gasteiger partial charge in [0.2, 0.25) is 0 Å². The van der Waals surface area contributed by atoms with Gasteiger partial charge in [-0.3, -0.25) is 10.1 Å². The monoisotopic (exact) mass is 210 g/mol. The Balaban J connectivity index is 2.12. The average molecular weight is 210 g/mol. The van der Waals surface area contributed by atoms with Crippen molar-refractivity contribution in [3.8, 4) is 17.5 Å². The van der Waals surface area contributed by atoms with Crippen molar-refractivity contribution < 1.29 is 0 Å². The summed E-state index contributed by atoms with van der Waals surface area (Å²) in [5.41, 5.74) is 3.05. The Labute approximate surface area is 93.0 Å². The Hall–Kier alpha value is -2.15. The highest BCUT2D eigenvalue weighted by molar-refractivity contribution is 5.64. The largest absolute Gasteiger partial charge is 0.280 e. The van der Waals surface area contributed by atoms with Gasteiger partial charge in [0.05, 0.1) is 11.4 Å². The van der Waals surface area contributed by atoms with Gasteiger partial charge in [0.15, 0.2) is 0 Å². The highest BCUT2D eigenvalue weighted by atomic mass is 15.1. The second-order valence-corrected chi connectivity index (χ2v) is 3.96. The molecule has 0 aromatic carbocycles. The van der Waals surface area contributed by atoms with Crippen LogP contribution >= 0.6 is 0 Å². The van der Waals surface area contributed by atoms with E-state index in [2.05, 4.69) is 21.3 Å². The fourth-order valence-corrected chi connectivity index (χ4v) is 1.82. The quantitative estimate of drug-likeness (QED) is 0.826. The Morgan fingerprint density at radius 3 is 2.88 bits per heavy atom. The molecule has 0 saturated heterocycles. The molecule has 2 heterocycles. The minimum atomic E-state index is 0.500. The van der Waals surface area contributed by atoms with Gasteiger partial charge in [-0.2, -0.15) is 10.4 Å². The van der Waals surface area contributed by atoms with Crippen LogP contribution in [0.4, 0.5) is 0 Å². The zero-order valence-electron chi connectivity index (χ0n) is 8.64. The van der Waals surface area contributed by atoms with Crippen LogP contribution in [0, 0.1) is 11.3 Å². The fraction of sp³-hybridized carbons (Fsp3) is 0.250.